The minimum Gasteiger partial charge on any atom is -0.482 e. The molecule has 17 nitrogen and oxygen atoms in total. The van der Waals surface area contributed by atoms with Gasteiger partial charge < -0.3 is 69.6 Å². The highest BCUT2D eigenvalue weighted by molar-refractivity contribution is 5.74. The molecule has 4 aliphatic rings. The van der Waals surface area contributed by atoms with Crippen LogP contribution < -0.4 is 4.74 Å². The summed E-state index contributed by atoms with van der Waals surface area (Å²) >= 11 is 0. The molecule has 292 valence electrons. The fourth-order valence-corrected chi connectivity index (χ4v) is 8.18. The topological polar surface area (TPSA) is 279 Å². The molecule has 52 heavy (non-hydrogen) atoms. The van der Waals surface area contributed by atoms with Crippen molar-refractivity contribution < 1.29 is 84.0 Å². The van der Waals surface area contributed by atoms with E-state index in [1.165, 1.54) is 0 Å². The molecule has 5 rings (SSSR count). The smallest absolute Gasteiger partial charge is 0.341 e. The fourth-order valence-electron chi connectivity index (χ4n) is 8.18. The maximum atomic E-state index is 11.8. The first kappa shape index (κ1) is 40.2. The monoisotopic (exact) mass is 742 g/mol. The zero-order valence-corrected chi connectivity index (χ0v) is 28.8. The number of benzene rings is 1. The van der Waals surface area contributed by atoms with Gasteiger partial charge in [-0.25, -0.2) is 14.4 Å². The number of aliphatic hydroxyl groups excluding tert-OH is 6. The van der Waals surface area contributed by atoms with Gasteiger partial charge in [0.05, 0.1) is 12.2 Å². The van der Waals surface area contributed by atoms with E-state index < -0.39 is 98.1 Å². The molecule has 2 saturated heterocycles. The number of fused-ring (bicyclic) bond motifs is 2. The summed E-state index contributed by atoms with van der Waals surface area (Å²) in [5.41, 5.74) is 1.82. The van der Waals surface area contributed by atoms with Crippen LogP contribution in [-0.4, -0.2) is 144 Å². The number of hydrogen-bond donors (Lipinski definition) is 9. The van der Waals surface area contributed by atoms with Crippen LogP contribution in [0, 0.1) is 17.8 Å². The molecule has 2 aliphatic carbocycles. The Morgan fingerprint density at radius 1 is 0.808 bits per heavy atom. The van der Waals surface area contributed by atoms with Gasteiger partial charge in [0.25, 0.3) is 0 Å². The lowest BCUT2D eigenvalue weighted by atomic mass is 9.73. The summed E-state index contributed by atoms with van der Waals surface area (Å²) in [6, 6.07) is 5.42. The lowest BCUT2D eigenvalue weighted by Crippen LogP contribution is -2.61. The van der Waals surface area contributed by atoms with Gasteiger partial charge in [0.15, 0.2) is 31.4 Å². The van der Waals surface area contributed by atoms with E-state index in [0.717, 1.165) is 30.4 Å². The van der Waals surface area contributed by atoms with Crippen molar-refractivity contribution in [2.75, 3.05) is 6.61 Å². The molecule has 0 unspecified atom stereocenters. The molecular weight excluding hydrogens is 692 g/mol. The van der Waals surface area contributed by atoms with E-state index in [0.29, 0.717) is 44.3 Å². The van der Waals surface area contributed by atoms with Crippen molar-refractivity contribution >= 4 is 17.9 Å². The number of carboxylic acids is 3. The summed E-state index contributed by atoms with van der Waals surface area (Å²) in [6.45, 7) is 1.50. The van der Waals surface area contributed by atoms with Crippen LogP contribution in [-0.2, 0) is 46.2 Å². The van der Waals surface area contributed by atoms with Crippen LogP contribution in [0.1, 0.15) is 63.0 Å². The average Bonchev–Trinajstić information content (AvgIpc) is 3.43. The molecule has 0 bridgehead atoms. The molecule has 9 N–H and O–H groups in total. The maximum absolute atomic E-state index is 11.8. The van der Waals surface area contributed by atoms with Gasteiger partial charge in [-0.1, -0.05) is 38.3 Å². The van der Waals surface area contributed by atoms with Crippen LogP contribution in [0.2, 0.25) is 0 Å². The molecule has 0 amide bonds. The molecule has 15 atom stereocenters. The normalized spacial score (nSPS) is 37.8. The van der Waals surface area contributed by atoms with Crippen LogP contribution in [0.15, 0.2) is 18.2 Å². The molecule has 1 aromatic rings. The van der Waals surface area contributed by atoms with E-state index in [2.05, 4.69) is 0 Å². The first-order valence-corrected chi connectivity index (χ1v) is 17.8. The maximum Gasteiger partial charge on any atom is 0.341 e. The summed E-state index contributed by atoms with van der Waals surface area (Å²) < 4.78 is 28.9. The lowest BCUT2D eigenvalue weighted by Gasteiger charge is -2.41. The Hall–Kier alpha value is -2.97. The highest BCUT2D eigenvalue weighted by Gasteiger charge is 2.52. The minimum absolute atomic E-state index is 0.0279. The van der Waals surface area contributed by atoms with Gasteiger partial charge in [0.1, 0.15) is 42.4 Å². The van der Waals surface area contributed by atoms with Crippen LogP contribution in [0.5, 0.6) is 5.75 Å². The van der Waals surface area contributed by atoms with Crippen molar-refractivity contribution in [3.63, 3.8) is 0 Å². The van der Waals surface area contributed by atoms with Crippen LogP contribution in [0.4, 0.5) is 0 Å². The second kappa shape index (κ2) is 17.4. The Morgan fingerprint density at radius 2 is 1.44 bits per heavy atom. The quantitative estimate of drug-likeness (QED) is 0.0958. The van der Waals surface area contributed by atoms with E-state index >= 15 is 0 Å². The number of carboxylic acid groups (broad SMARTS) is 3. The number of aliphatic carboxylic acids is 3. The number of rotatable bonds is 16. The number of unbranched alkanes of at least 4 members (excludes halogenated alkanes) is 2. The molecule has 1 saturated carbocycles. The van der Waals surface area contributed by atoms with E-state index in [4.69, 9.17) is 23.7 Å². The van der Waals surface area contributed by atoms with Crippen molar-refractivity contribution in [2.24, 2.45) is 17.8 Å². The number of hydrogen-bond acceptors (Lipinski definition) is 14. The van der Waals surface area contributed by atoms with Crippen LogP contribution in [0.3, 0.4) is 0 Å². The van der Waals surface area contributed by atoms with Gasteiger partial charge in [-0.15, -0.1) is 0 Å². The largest absolute Gasteiger partial charge is 0.482 e. The second-order valence-corrected chi connectivity index (χ2v) is 14.3. The SMILES string of the molecule is CCCCC[C@@H](CC[C@@H]1[C@H]2Cc3cccc(OCC(=O)O)c3C[C@H]2C[C@H]1O[C@@H]1O[C@H](C(=O)O)[C@@H](O)[C@H](O)[C@H]1O)O[C@@H]1O[C@H](C(=O)O)[C@@H](O)[C@H](O)[C@H]1O. The van der Waals surface area contributed by atoms with Gasteiger partial charge in [0.2, 0.25) is 0 Å². The number of ether oxygens (including phenoxy) is 5. The standard InChI is InChI=1S/C35H50O17/c1-2-3-4-7-17(49-34-28(42)24(38)26(40)30(51-34)32(44)45)9-10-18-19-11-15-6-5-8-21(48-14-23(36)37)20(15)12-16(19)13-22(18)50-35-29(43)25(39)27(41)31(52-35)33(46)47/h5-6,8,16-19,22,24-31,34-35,38-43H,2-4,7,9-14H2,1H3,(H,36,37)(H,44,45)(H,46,47)/t16-,17-,18+,19-,22+,24-,25-,26-,27-,28+,29+,30-,31-,34+,35+/m0/s1. The van der Waals surface area contributed by atoms with Crippen LogP contribution in [0.25, 0.3) is 0 Å². The van der Waals surface area contributed by atoms with Gasteiger partial charge >= 0.3 is 17.9 Å². The summed E-state index contributed by atoms with van der Waals surface area (Å²) in [4.78, 5) is 34.8. The Kier molecular flexibility index (Phi) is 13.5. The predicted octanol–water partition coefficient (Wildman–Crippen LogP) is -0.584. The van der Waals surface area contributed by atoms with Crippen molar-refractivity contribution in [3.8, 4) is 5.75 Å². The van der Waals surface area contributed by atoms with Crippen molar-refractivity contribution in [1.82, 2.24) is 0 Å². The number of carbonyl (C=O) groups is 3. The molecule has 1 aromatic carbocycles. The Bertz CT molecular complexity index is 1390. The Morgan fingerprint density at radius 3 is 2.06 bits per heavy atom. The average molecular weight is 743 g/mol. The van der Waals surface area contributed by atoms with E-state index in [-0.39, 0.29) is 17.8 Å². The lowest BCUT2D eigenvalue weighted by molar-refractivity contribution is -0.309. The Labute approximate surface area is 299 Å². The van der Waals surface area contributed by atoms with Crippen molar-refractivity contribution in [1.29, 1.82) is 0 Å². The van der Waals surface area contributed by atoms with E-state index in [9.17, 15) is 60.3 Å². The zero-order chi connectivity index (χ0) is 37.9. The molecular formula is C35H50O17. The third-order valence-corrected chi connectivity index (χ3v) is 10.9. The van der Waals surface area contributed by atoms with Gasteiger partial charge in [-0.05, 0) is 73.5 Å². The summed E-state index contributed by atoms with van der Waals surface area (Å²) in [5.74, 6) is -4.07. The van der Waals surface area contributed by atoms with Gasteiger partial charge in [-0.2, -0.15) is 0 Å². The zero-order valence-electron chi connectivity index (χ0n) is 28.8. The van der Waals surface area contributed by atoms with Gasteiger partial charge in [0, 0.05) is 0 Å². The molecule has 0 spiro atoms. The molecule has 0 aromatic heterocycles. The molecule has 0 radical (unpaired) electrons. The fraction of sp³-hybridized carbons (Fsp3) is 0.743. The molecule has 17 heteroatoms. The predicted molar refractivity (Wildman–Crippen MR) is 174 cm³/mol. The van der Waals surface area contributed by atoms with E-state index in [1.807, 2.05) is 13.0 Å². The second-order valence-electron chi connectivity index (χ2n) is 14.3. The highest BCUT2D eigenvalue weighted by atomic mass is 16.7. The van der Waals surface area contributed by atoms with Gasteiger partial charge in [-0.3, -0.25) is 0 Å². The summed E-state index contributed by atoms with van der Waals surface area (Å²) in [5, 5.41) is 91.0. The molecule has 2 aliphatic heterocycles. The minimum atomic E-state index is -1.90. The molecule has 2 heterocycles. The van der Waals surface area contributed by atoms with E-state index in [1.54, 1.807) is 12.1 Å². The third-order valence-electron chi connectivity index (χ3n) is 10.9. The molecule has 3 fully saturated rings. The third kappa shape index (κ3) is 8.86. The first-order valence-electron chi connectivity index (χ1n) is 17.8. The summed E-state index contributed by atoms with van der Waals surface area (Å²) in [7, 11) is 0. The summed E-state index contributed by atoms with van der Waals surface area (Å²) in [6.07, 6.45) is -13.8. The van der Waals surface area contributed by atoms with Crippen molar-refractivity contribution in [3.05, 3.63) is 29.3 Å². The first-order chi connectivity index (χ1) is 24.7. The number of aliphatic hydroxyl groups is 6. The van der Waals surface area contributed by atoms with Crippen molar-refractivity contribution in [2.45, 2.75) is 138 Å². The highest BCUT2D eigenvalue weighted by Crippen LogP contribution is 2.50. The Balaban J connectivity index is 1.39. The van der Waals surface area contributed by atoms with Crippen LogP contribution >= 0.6 is 0 Å².